The van der Waals surface area contributed by atoms with Crippen molar-refractivity contribution in [3.63, 3.8) is 0 Å². The van der Waals surface area contributed by atoms with E-state index in [1.807, 2.05) is 4.90 Å². The quantitative estimate of drug-likeness (QED) is 0.837. The molecular formula is C12H24ClN3O. The van der Waals surface area contributed by atoms with Crippen molar-refractivity contribution in [2.45, 2.75) is 32.7 Å². The van der Waals surface area contributed by atoms with Crippen molar-refractivity contribution in [3.8, 4) is 0 Å². The summed E-state index contributed by atoms with van der Waals surface area (Å²) in [7, 11) is 0. The van der Waals surface area contributed by atoms with Gasteiger partial charge >= 0.3 is 6.03 Å². The maximum atomic E-state index is 12.2. The highest BCUT2D eigenvalue weighted by atomic mass is 35.5. The molecule has 0 spiro atoms. The fraction of sp³-hybridized carbons (Fsp3) is 0.917. The zero-order valence-corrected chi connectivity index (χ0v) is 11.6. The number of piperidine rings is 1. The SMILES string of the molecule is CC(C)CN1CCN(C2CCNCC2)C1=O.Cl. The number of carbonyl (C=O) groups excluding carboxylic acids is 1. The Labute approximate surface area is 110 Å². The number of nitrogens with zero attached hydrogens (tertiary/aromatic N) is 2. The summed E-state index contributed by atoms with van der Waals surface area (Å²) in [5.74, 6) is 0.567. The molecule has 2 aliphatic rings. The Morgan fingerprint density at radius 3 is 2.53 bits per heavy atom. The van der Waals surface area contributed by atoms with Gasteiger partial charge in [0.2, 0.25) is 0 Å². The minimum Gasteiger partial charge on any atom is -0.323 e. The Hall–Kier alpha value is -0.480. The summed E-state index contributed by atoms with van der Waals surface area (Å²) in [6.45, 7) is 9.19. The molecule has 0 aromatic carbocycles. The lowest BCUT2D eigenvalue weighted by atomic mass is 10.1. The van der Waals surface area contributed by atoms with E-state index in [2.05, 4.69) is 24.1 Å². The minimum atomic E-state index is 0. The van der Waals surface area contributed by atoms with Gasteiger partial charge < -0.3 is 15.1 Å². The predicted molar refractivity (Wildman–Crippen MR) is 71.7 cm³/mol. The third-order valence-corrected chi connectivity index (χ3v) is 3.46. The molecule has 0 aromatic heterocycles. The molecular weight excluding hydrogens is 238 g/mol. The molecule has 100 valence electrons. The molecule has 0 bridgehead atoms. The molecule has 2 heterocycles. The smallest absolute Gasteiger partial charge is 0.320 e. The van der Waals surface area contributed by atoms with E-state index < -0.39 is 0 Å². The van der Waals surface area contributed by atoms with Crippen LogP contribution in [-0.2, 0) is 0 Å². The molecule has 17 heavy (non-hydrogen) atoms. The maximum Gasteiger partial charge on any atom is 0.320 e. The van der Waals surface area contributed by atoms with Crippen LogP contribution in [0.2, 0.25) is 0 Å². The average molecular weight is 262 g/mol. The molecule has 0 radical (unpaired) electrons. The molecule has 0 saturated carbocycles. The lowest BCUT2D eigenvalue weighted by Gasteiger charge is -2.31. The Morgan fingerprint density at radius 1 is 1.29 bits per heavy atom. The number of amides is 2. The predicted octanol–water partition coefficient (Wildman–Crippen LogP) is 1.55. The van der Waals surface area contributed by atoms with Gasteiger partial charge in [0.15, 0.2) is 0 Å². The van der Waals surface area contributed by atoms with Gasteiger partial charge in [0.05, 0.1) is 0 Å². The van der Waals surface area contributed by atoms with Crippen molar-refractivity contribution < 1.29 is 4.79 Å². The third-order valence-electron chi connectivity index (χ3n) is 3.46. The van der Waals surface area contributed by atoms with Crippen LogP contribution in [-0.4, -0.2) is 54.6 Å². The zero-order chi connectivity index (χ0) is 11.5. The largest absolute Gasteiger partial charge is 0.323 e. The molecule has 0 atom stereocenters. The number of nitrogens with one attached hydrogen (secondary N) is 1. The number of carbonyl (C=O) groups is 1. The first-order chi connectivity index (χ1) is 7.68. The molecule has 1 N–H and O–H groups in total. The van der Waals surface area contributed by atoms with E-state index in [4.69, 9.17) is 0 Å². The highest BCUT2D eigenvalue weighted by Gasteiger charge is 2.33. The van der Waals surface area contributed by atoms with Crippen molar-refractivity contribution in [1.82, 2.24) is 15.1 Å². The molecule has 0 aliphatic carbocycles. The highest BCUT2D eigenvalue weighted by molar-refractivity contribution is 5.85. The van der Waals surface area contributed by atoms with E-state index in [-0.39, 0.29) is 18.4 Å². The van der Waals surface area contributed by atoms with Gasteiger partial charge in [-0.25, -0.2) is 4.79 Å². The van der Waals surface area contributed by atoms with Crippen LogP contribution in [0.25, 0.3) is 0 Å². The molecule has 0 aromatic rings. The summed E-state index contributed by atoms with van der Waals surface area (Å²) >= 11 is 0. The third kappa shape index (κ3) is 3.49. The summed E-state index contributed by atoms with van der Waals surface area (Å²) in [6.07, 6.45) is 2.22. The second-order valence-electron chi connectivity index (χ2n) is 5.30. The number of hydrogen-bond acceptors (Lipinski definition) is 2. The van der Waals surface area contributed by atoms with Gasteiger partial charge in [-0.2, -0.15) is 0 Å². The number of halogens is 1. The van der Waals surface area contributed by atoms with E-state index in [0.29, 0.717) is 12.0 Å². The molecule has 4 nitrogen and oxygen atoms in total. The van der Waals surface area contributed by atoms with Gasteiger partial charge in [-0.1, -0.05) is 13.8 Å². The van der Waals surface area contributed by atoms with Gasteiger partial charge in [-0.3, -0.25) is 0 Å². The Bertz CT molecular complexity index is 254. The summed E-state index contributed by atoms with van der Waals surface area (Å²) in [5.41, 5.74) is 0. The summed E-state index contributed by atoms with van der Waals surface area (Å²) in [6, 6.07) is 0.742. The van der Waals surface area contributed by atoms with Crippen LogP contribution in [0.3, 0.4) is 0 Å². The fourth-order valence-corrected chi connectivity index (χ4v) is 2.67. The molecule has 2 aliphatic heterocycles. The second-order valence-corrected chi connectivity index (χ2v) is 5.30. The van der Waals surface area contributed by atoms with E-state index in [9.17, 15) is 4.79 Å². The normalized spacial score (nSPS) is 22.2. The average Bonchev–Trinajstić information content (AvgIpc) is 2.61. The molecule has 2 amide bonds. The Morgan fingerprint density at radius 2 is 1.94 bits per heavy atom. The molecule has 5 heteroatoms. The van der Waals surface area contributed by atoms with Gasteiger partial charge in [0.1, 0.15) is 0 Å². The van der Waals surface area contributed by atoms with Gasteiger partial charge in [0, 0.05) is 25.7 Å². The van der Waals surface area contributed by atoms with Gasteiger partial charge in [-0.05, 0) is 31.8 Å². The lowest BCUT2D eigenvalue weighted by Crippen LogP contribution is -2.45. The van der Waals surface area contributed by atoms with Crippen molar-refractivity contribution >= 4 is 18.4 Å². The first kappa shape index (κ1) is 14.6. The van der Waals surface area contributed by atoms with Gasteiger partial charge in [-0.15, -0.1) is 12.4 Å². The molecule has 2 fully saturated rings. The van der Waals surface area contributed by atoms with Crippen LogP contribution in [0.15, 0.2) is 0 Å². The summed E-state index contributed by atoms with van der Waals surface area (Å²) < 4.78 is 0. The standard InChI is InChI=1S/C12H23N3O.ClH/c1-10(2)9-14-7-8-15(12(14)16)11-3-5-13-6-4-11;/h10-11,13H,3-9H2,1-2H3;1H. The van der Waals surface area contributed by atoms with Crippen molar-refractivity contribution in [1.29, 1.82) is 0 Å². The molecule has 2 rings (SSSR count). The highest BCUT2D eigenvalue weighted by Crippen LogP contribution is 2.19. The first-order valence-corrected chi connectivity index (χ1v) is 6.44. The van der Waals surface area contributed by atoms with E-state index in [0.717, 1.165) is 45.6 Å². The van der Waals surface area contributed by atoms with Crippen LogP contribution >= 0.6 is 12.4 Å². The number of urea groups is 1. The Balaban J connectivity index is 0.00000144. The number of hydrogen-bond donors (Lipinski definition) is 1. The summed E-state index contributed by atoms with van der Waals surface area (Å²) in [4.78, 5) is 16.3. The molecule has 0 unspecified atom stereocenters. The fourth-order valence-electron chi connectivity index (χ4n) is 2.67. The molecule has 2 saturated heterocycles. The van der Waals surface area contributed by atoms with Crippen LogP contribution in [0, 0.1) is 5.92 Å². The van der Waals surface area contributed by atoms with E-state index in [1.165, 1.54) is 0 Å². The topological polar surface area (TPSA) is 35.6 Å². The van der Waals surface area contributed by atoms with Crippen molar-refractivity contribution in [2.24, 2.45) is 5.92 Å². The Kier molecular flexibility index (Phi) is 5.53. The van der Waals surface area contributed by atoms with Crippen LogP contribution < -0.4 is 5.32 Å². The lowest BCUT2D eigenvalue weighted by molar-refractivity contribution is 0.163. The summed E-state index contributed by atoms with van der Waals surface area (Å²) in [5, 5.41) is 3.34. The second kappa shape index (κ2) is 6.45. The van der Waals surface area contributed by atoms with Gasteiger partial charge in [0.25, 0.3) is 0 Å². The monoisotopic (exact) mass is 261 g/mol. The van der Waals surface area contributed by atoms with Crippen molar-refractivity contribution in [2.75, 3.05) is 32.7 Å². The van der Waals surface area contributed by atoms with E-state index >= 15 is 0 Å². The van der Waals surface area contributed by atoms with Crippen molar-refractivity contribution in [3.05, 3.63) is 0 Å². The minimum absolute atomic E-state index is 0. The van der Waals surface area contributed by atoms with Crippen LogP contribution in [0.4, 0.5) is 4.79 Å². The van der Waals surface area contributed by atoms with Crippen LogP contribution in [0.1, 0.15) is 26.7 Å². The zero-order valence-electron chi connectivity index (χ0n) is 10.8. The van der Waals surface area contributed by atoms with E-state index in [1.54, 1.807) is 0 Å². The number of rotatable bonds is 3. The maximum absolute atomic E-state index is 12.2. The van der Waals surface area contributed by atoms with Crippen LogP contribution in [0.5, 0.6) is 0 Å². The first-order valence-electron chi connectivity index (χ1n) is 6.44.